The summed E-state index contributed by atoms with van der Waals surface area (Å²) < 4.78 is 6.06. The molecule has 6 atom stereocenters. The van der Waals surface area contributed by atoms with Gasteiger partial charge in [0.2, 0.25) is 0 Å². The molecule has 2 rings (SSSR count). The Bertz CT molecular complexity index is 488. The molecule has 0 bridgehead atoms. The predicted octanol–water partition coefficient (Wildman–Crippen LogP) is 5.79. The molecule has 24 heavy (non-hydrogen) atoms. The summed E-state index contributed by atoms with van der Waals surface area (Å²) in [6.45, 7) is 13.2. The third kappa shape index (κ3) is 4.52. The van der Waals surface area contributed by atoms with Crippen LogP contribution in [0.2, 0.25) is 0 Å². The quantitative estimate of drug-likeness (QED) is 0.576. The predicted molar refractivity (Wildman–Crippen MR) is 101 cm³/mol. The van der Waals surface area contributed by atoms with Gasteiger partial charge in [-0.3, -0.25) is 4.79 Å². The molecule has 2 heteroatoms. The summed E-state index contributed by atoms with van der Waals surface area (Å²) in [6.07, 6.45) is 11.4. The standard InChI is InChI=1S/C22H36O2/c1-7-16(5)22(23)24-20-13-15(4)12-18-10-9-17(6)19(21(18)20)11-8-14(2)3/h9-10,12,14-17,19-21H,7-8,11,13H2,1-6H3/t15-,16-,17-,19-,20-,21-/m0/s1. The zero-order valence-electron chi connectivity index (χ0n) is 16.4. The largest absolute Gasteiger partial charge is 0.461 e. The van der Waals surface area contributed by atoms with Crippen LogP contribution >= 0.6 is 0 Å². The van der Waals surface area contributed by atoms with E-state index in [0.717, 1.165) is 18.8 Å². The van der Waals surface area contributed by atoms with Gasteiger partial charge in [-0.1, -0.05) is 66.2 Å². The van der Waals surface area contributed by atoms with Crippen molar-refractivity contribution < 1.29 is 9.53 Å². The van der Waals surface area contributed by atoms with Gasteiger partial charge in [-0.25, -0.2) is 0 Å². The first-order valence-corrected chi connectivity index (χ1v) is 9.93. The van der Waals surface area contributed by atoms with Crippen LogP contribution in [-0.2, 0) is 9.53 Å². The molecule has 0 aromatic heterocycles. The highest BCUT2D eigenvalue weighted by Crippen LogP contribution is 2.45. The van der Waals surface area contributed by atoms with Gasteiger partial charge in [0.15, 0.2) is 0 Å². The fourth-order valence-corrected chi connectivity index (χ4v) is 4.18. The summed E-state index contributed by atoms with van der Waals surface area (Å²) in [5, 5.41) is 0. The average molecular weight is 333 g/mol. The molecule has 0 aromatic carbocycles. The van der Waals surface area contributed by atoms with Gasteiger partial charge in [0.25, 0.3) is 0 Å². The first-order chi connectivity index (χ1) is 11.3. The van der Waals surface area contributed by atoms with E-state index in [1.807, 2.05) is 6.92 Å². The molecule has 2 aliphatic carbocycles. The number of rotatable bonds is 6. The first kappa shape index (κ1) is 19.3. The maximum absolute atomic E-state index is 12.4. The number of carbonyl (C=O) groups excluding carboxylic acids is 1. The average Bonchev–Trinajstić information content (AvgIpc) is 2.52. The second-order valence-corrected chi connectivity index (χ2v) is 8.54. The molecule has 0 saturated heterocycles. The van der Waals surface area contributed by atoms with Crippen molar-refractivity contribution in [1.82, 2.24) is 0 Å². The maximum Gasteiger partial charge on any atom is 0.308 e. The minimum Gasteiger partial charge on any atom is -0.461 e. The summed E-state index contributed by atoms with van der Waals surface area (Å²) in [5.41, 5.74) is 1.41. The molecule has 0 amide bonds. The molecule has 0 spiro atoms. The molecule has 0 unspecified atom stereocenters. The minimum absolute atomic E-state index is 0.000308. The van der Waals surface area contributed by atoms with Crippen LogP contribution in [0.5, 0.6) is 0 Å². The maximum atomic E-state index is 12.4. The molecule has 0 aliphatic heterocycles. The molecule has 136 valence electrons. The zero-order valence-corrected chi connectivity index (χ0v) is 16.4. The Morgan fingerprint density at radius 3 is 2.62 bits per heavy atom. The van der Waals surface area contributed by atoms with E-state index in [9.17, 15) is 4.79 Å². The number of esters is 1. The van der Waals surface area contributed by atoms with E-state index in [-0.39, 0.29) is 18.0 Å². The van der Waals surface area contributed by atoms with Crippen LogP contribution in [0, 0.1) is 35.5 Å². The molecule has 0 fully saturated rings. The Kier molecular flexibility index (Phi) is 6.71. The topological polar surface area (TPSA) is 26.3 Å². The van der Waals surface area contributed by atoms with E-state index in [0.29, 0.717) is 23.7 Å². The summed E-state index contributed by atoms with van der Waals surface area (Å²) in [4.78, 5) is 12.4. The number of allylic oxidation sites excluding steroid dienone is 3. The lowest BCUT2D eigenvalue weighted by Crippen LogP contribution is -2.41. The van der Waals surface area contributed by atoms with Crippen LogP contribution in [0.4, 0.5) is 0 Å². The smallest absolute Gasteiger partial charge is 0.308 e. The first-order valence-electron chi connectivity index (χ1n) is 9.93. The normalized spacial score (nSPS) is 33.8. The second kappa shape index (κ2) is 8.36. The molecule has 2 aliphatic rings. The number of ether oxygens (including phenoxy) is 1. The lowest BCUT2D eigenvalue weighted by molar-refractivity contribution is -0.158. The summed E-state index contributed by atoms with van der Waals surface area (Å²) >= 11 is 0. The third-order valence-electron chi connectivity index (χ3n) is 5.95. The van der Waals surface area contributed by atoms with Crippen molar-refractivity contribution in [2.45, 2.75) is 73.3 Å². The molecular formula is C22H36O2. The summed E-state index contributed by atoms with van der Waals surface area (Å²) in [7, 11) is 0. The Labute approximate surface area is 148 Å². The van der Waals surface area contributed by atoms with Crippen molar-refractivity contribution in [1.29, 1.82) is 0 Å². The van der Waals surface area contributed by atoms with E-state index in [2.05, 4.69) is 52.8 Å². The van der Waals surface area contributed by atoms with Crippen molar-refractivity contribution >= 4 is 5.97 Å². The van der Waals surface area contributed by atoms with Crippen LogP contribution in [-0.4, -0.2) is 12.1 Å². The van der Waals surface area contributed by atoms with Crippen molar-refractivity contribution in [3.05, 3.63) is 23.8 Å². The third-order valence-corrected chi connectivity index (χ3v) is 5.95. The monoisotopic (exact) mass is 332 g/mol. The van der Waals surface area contributed by atoms with Gasteiger partial charge in [0.1, 0.15) is 6.10 Å². The van der Waals surface area contributed by atoms with Crippen molar-refractivity contribution in [2.24, 2.45) is 35.5 Å². The molecule has 0 aromatic rings. The van der Waals surface area contributed by atoms with E-state index in [1.165, 1.54) is 18.4 Å². The molecule has 0 N–H and O–H groups in total. The lowest BCUT2D eigenvalue weighted by atomic mass is 9.65. The van der Waals surface area contributed by atoms with Crippen LogP contribution in [0.3, 0.4) is 0 Å². The van der Waals surface area contributed by atoms with Gasteiger partial charge in [-0.15, -0.1) is 0 Å². The van der Waals surface area contributed by atoms with Crippen molar-refractivity contribution in [2.75, 3.05) is 0 Å². The van der Waals surface area contributed by atoms with Crippen molar-refractivity contribution in [3.8, 4) is 0 Å². The molecule has 0 saturated carbocycles. The Morgan fingerprint density at radius 2 is 2.00 bits per heavy atom. The van der Waals surface area contributed by atoms with Gasteiger partial charge >= 0.3 is 5.97 Å². The van der Waals surface area contributed by atoms with Crippen LogP contribution < -0.4 is 0 Å². The van der Waals surface area contributed by atoms with Crippen LogP contribution in [0.25, 0.3) is 0 Å². The molecule has 0 heterocycles. The number of carbonyl (C=O) groups is 1. The molecular weight excluding hydrogens is 296 g/mol. The highest BCUT2D eigenvalue weighted by Gasteiger charge is 2.41. The summed E-state index contributed by atoms with van der Waals surface area (Å²) in [6, 6.07) is 0. The fourth-order valence-electron chi connectivity index (χ4n) is 4.18. The van der Waals surface area contributed by atoms with E-state index in [1.54, 1.807) is 0 Å². The number of hydrogen-bond acceptors (Lipinski definition) is 2. The Morgan fingerprint density at radius 1 is 1.29 bits per heavy atom. The van der Waals surface area contributed by atoms with E-state index < -0.39 is 0 Å². The van der Waals surface area contributed by atoms with Gasteiger partial charge in [0, 0.05) is 5.92 Å². The van der Waals surface area contributed by atoms with Gasteiger partial charge in [-0.05, 0) is 48.5 Å². The molecule has 0 radical (unpaired) electrons. The van der Waals surface area contributed by atoms with E-state index >= 15 is 0 Å². The number of hydrogen-bond donors (Lipinski definition) is 0. The molecule has 2 nitrogen and oxygen atoms in total. The Balaban J connectivity index is 2.22. The summed E-state index contributed by atoms with van der Waals surface area (Å²) in [5.74, 6) is 2.72. The Hall–Kier alpha value is -1.05. The van der Waals surface area contributed by atoms with Crippen LogP contribution in [0.1, 0.15) is 67.2 Å². The lowest BCUT2D eigenvalue weighted by Gasteiger charge is -2.43. The van der Waals surface area contributed by atoms with Gasteiger partial charge in [0.05, 0.1) is 5.92 Å². The highest BCUT2D eigenvalue weighted by atomic mass is 16.5. The number of fused-ring (bicyclic) bond motifs is 1. The highest BCUT2D eigenvalue weighted by molar-refractivity contribution is 5.72. The second-order valence-electron chi connectivity index (χ2n) is 8.54. The van der Waals surface area contributed by atoms with E-state index in [4.69, 9.17) is 4.74 Å². The van der Waals surface area contributed by atoms with Gasteiger partial charge < -0.3 is 4.74 Å². The van der Waals surface area contributed by atoms with Crippen molar-refractivity contribution in [3.63, 3.8) is 0 Å². The zero-order chi connectivity index (χ0) is 17.9. The van der Waals surface area contributed by atoms with Crippen LogP contribution in [0.15, 0.2) is 23.8 Å². The SMILES string of the molecule is CC[C@H](C)C(=O)O[C@H]1C[C@@H](C)C=C2C=C[C@H](C)[C@H](CCC(C)C)[C@H]21. The van der Waals surface area contributed by atoms with Gasteiger partial charge in [-0.2, -0.15) is 0 Å². The fraction of sp³-hybridized carbons (Fsp3) is 0.773. The minimum atomic E-state index is -0.0132.